The van der Waals surface area contributed by atoms with E-state index < -0.39 is 25.5 Å². The molecule has 0 aliphatic rings. The van der Waals surface area contributed by atoms with Gasteiger partial charge in [-0.2, -0.15) is 0 Å². The molecule has 162 valence electrons. The van der Waals surface area contributed by atoms with Crippen LogP contribution in [0.15, 0.2) is 74.5 Å². The minimum Gasteiger partial charge on any atom is -0.325 e. The Bertz CT molecular complexity index is 1260. The maximum atomic E-state index is 12.7. The topological polar surface area (TPSA) is 109 Å². The SMILES string of the molecule is CCC(Sc1ncc(S(=O)(=O)c2ccccc2)c(=O)[nH]1)C(=O)Nc1cc(Cl)ccc1C. The van der Waals surface area contributed by atoms with Crippen molar-refractivity contribution in [2.45, 2.75) is 40.5 Å². The van der Waals surface area contributed by atoms with Gasteiger partial charge in [-0.1, -0.05) is 54.6 Å². The summed E-state index contributed by atoms with van der Waals surface area (Å²) in [4.78, 5) is 31.3. The van der Waals surface area contributed by atoms with Gasteiger partial charge in [0, 0.05) is 10.7 Å². The van der Waals surface area contributed by atoms with Crippen LogP contribution in [-0.4, -0.2) is 29.5 Å². The Balaban J connectivity index is 1.80. The highest BCUT2D eigenvalue weighted by Gasteiger charge is 2.24. The Hall–Kier alpha value is -2.62. The molecule has 10 heteroatoms. The number of carbonyl (C=O) groups is 1. The third-order valence-electron chi connectivity index (χ3n) is 4.46. The molecule has 1 amide bonds. The number of aryl methyl sites for hydroxylation is 1. The van der Waals surface area contributed by atoms with Crippen LogP contribution in [-0.2, 0) is 14.6 Å². The minimum atomic E-state index is -3.99. The maximum absolute atomic E-state index is 12.7. The lowest BCUT2D eigenvalue weighted by Crippen LogP contribution is -2.26. The van der Waals surface area contributed by atoms with Crippen molar-refractivity contribution in [1.82, 2.24) is 9.97 Å². The molecular formula is C21H20ClN3O4S2. The summed E-state index contributed by atoms with van der Waals surface area (Å²) in [6, 6.07) is 12.8. The average molecular weight is 478 g/mol. The highest BCUT2D eigenvalue weighted by Crippen LogP contribution is 2.26. The second-order valence-corrected chi connectivity index (χ2v) is 10.2. The smallest absolute Gasteiger partial charge is 0.270 e. The maximum Gasteiger partial charge on any atom is 0.270 e. The molecule has 7 nitrogen and oxygen atoms in total. The van der Waals surface area contributed by atoms with Crippen LogP contribution in [0.4, 0.5) is 5.69 Å². The van der Waals surface area contributed by atoms with E-state index in [1.54, 1.807) is 36.4 Å². The number of nitrogens with zero attached hydrogens (tertiary/aromatic N) is 1. The fourth-order valence-corrected chi connectivity index (χ4v) is 5.04. The fraction of sp³-hybridized carbons (Fsp3) is 0.190. The quantitative estimate of drug-likeness (QED) is 0.392. The van der Waals surface area contributed by atoms with Crippen molar-refractivity contribution in [3.8, 4) is 0 Å². The lowest BCUT2D eigenvalue weighted by molar-refractivity contribution is -0.115. The van der Waals surface area contributed by atoms with Crippen molar-refractivity contribution in [3.05, 3.63) is 75.7 Å². The fourth-order valence-electron chi connectivity index (χ4n) is 2.74. The molecule has 0 aliphatic carbocycles. The normalized spacial score (nSPS) is 12.4. The molecule has 0 fully saturated rings. The van der Waals surface area contributed by atoms with Gasteiger partial charge in [-0.05, 0) is 43.2 Å². The number of rotatable bonds is 7. The van der Waals surface area contributed by atoms with Gasteiger partial charge >= 0.3 is 0 Å². The van der Waals surface area contributed by atoms with Crippen molar-refractivity contribution in [2.75, 3.05) is 5.32 Å². The third-order valence-corrected chi connectivity index (χ3v) is 7.72. The van der Waals surface area contributed by atoms with Crippen LogP contribution in [0.3, 0.4) is 0 Å². The second kappa shape index (κ2) is 9.67. The Morgan fingerprint density at radius 2 is 1.94 bits per heavy atom. The van der Waals surface area contributed by atoms with Crippen molar-refractivity contribution in [2.24, 2.45) is 0 Å². The molecule has 1 heterocycles. The van der Waals surface area contributed by atoms with Crippen molar-refractivity contribution >= 4 is 44.8 Å². The van der Waals surface area contributed by atoms with Crippen molar-refractivity contribution in [1.29, 1.82) is 0 Å². The Morgan fingerprint density at radius 1 is 1.23 bits per heavy atom. The highest BCUT2D eigenvalue weighted by molar-refractivity contribution is 8.00. The van der Waals surface area contributed by atoms with Crippen LogP contribution in [0.1, 0.15) is 18.9 Å². The number of H-pyrrole nitrogens is 1. The number of hydrogen-bond donors (Lipinski definition) is 2. The first-order valence-electron chi connectivity index (χ1n) is 9.35. The number of halogens is 1. The molecule has 0 bridgehead atoms. The Labute approximate surface area is 189 Å². The molecule has 3 rings (SSSR count). The summed E-state index contributed by atoms with van der Waals surface area (Å²) >= 11 is 7.05. The van der Waals surface area contributed by atoms with E-state index in [-0.39, 0.29) is 16.0 Å². The average Bonchev–Trinajstić information content (AvgIpc) is 2.75. The number of benzene rings is 2. The minimum absolute atomic E-state index is 0.00501. The van der Waals surface area contributed by atoms with Crippen LogP contribution < -0.4 is 10.9 Å². The third kappa shape index (κ3) is 5.36. The molecule has 1 atom stereocenters. The molecular weight excluding hydrogens is 458 g/mol. The second-order valence-electron chi connectivity index (χ2n) is 6.66. The van der Waals surface area contributed by atoms with E-state index in [1.807, 2.05) is 13.8 Å². The Morgan fingerprint density at radius 3 is 2.58 bits per heavy atom. The van der Waals surface area contributed by atoms with Gasteiger partial charge in [0.25, 0.3) is 5.56 Å². The van der Waals surface area contributed by atoms with Gasteiger partial charge in [0.05, 0.1) is 16.3 Å². The number of anilines is 1. The predicted octanol–water partition coefficient (Wildman–Crippen LogP) is 4.07. The molecule has 0 radical (unpaired) electrons. The van der Waals surface area contributed by atoms with E-state index in [0.29, 0.717) is 17.1 Å². The predicted molar refractivity (Wildman–Crippen MR) is 122 cm³/mol. The van der Waals surface area contributed by atoms with Crippen LogP contribution >= 0.6 is 23.4 Å². The van der Waals surface area contributed by atoms with Crippen molar-refractivity contribution < 1.29 is 13.2 Å². The van der Waals surface area contributed by atoms with E-state index in [9.17, 15) is 18.0 Å². The first kappa shape index (κ1) is 23.1. The highest BCUT2D eigenvalue weighted by atomic mass is 35.5. The summed E-state index contributed by atoms with van der Waals surface area (Å²) in [6.45, 7) is 3.68. The molecule has 2 aromatic carbocycles. The van der Waals surface area contributed by atoms with E-state index in [4.69, 9.17) is 11.6 Å². The number of aromatic amines is 1. The van der Waals surface area contributed by atoms with E-state index in [2.05, 4.69) is 15.3 Å². The summed E-state index contributed by atoms with van der Waals surface area (Å²) in [5.74, 6) is -0.276. The van der Waals surface area contributed by atoms with Crippen molar-refractivity contribution in [3.63, 3.8) is 0 Å². The van der Waals surface area contributed by atoms with Crippen LogP contribution in [0, 0.1) is 6.92 Å². The van der Waals surface area contributed by atoms with Gasteiger partial charge in [0.2, 0.25) is 15.7 Å². The number of sulfone groups is 1. The summed E-state index contributed by atoms with van der Waals surface area (Å²) in [7, 11) is -3.99. The zero-order valence-electron chi connectivity index (χ0n) is 16.8. The summed E-state index contributed by atoms with van der Waals surface area (Å²) in [5.41, 5.74) is 0.671. The van der Waals surface area contributed by atoms with E-state index in [0.717, 1.165) is 23.5 Å². The summed E-state index contributed by atoms with van der Waals surface area (Å²) in [5, 5.41) is 2.93. The molecule has 2 N–H and O–H groups in total. The summed E-state index contributed by atoms with van der Waals surface area (Å²) < 4.78 is 25.3. The number of thioether (sulfide) groups is 1. The monoisotopic (exact) mass is 477 g/mol. The molecule has 0 saturated carbocycles. The lowest BCUT2D eigenvalue weighted by atomic mass is 10.2. The van der Waals surface area contributed by atoms with Gasteiger partial charge in [-0.3, -0.25) is 9.59 Å². The van der Waals surface area contributed by atoms with Crippen LogP contribution in [0.25, 0.3) is 0 Å². The number of aromatic nitrogens is 2. The largest absolute Gasteiger partial charge is 0.325 e. The van der Waals surface area contributed by atoms with E-state index in [1.165, 1.54) is 12.1 Å². The van der Waals surface area contributed by atoms with Gasteiger partial charge < -0.3 is 10.3 Å². The standard InChI is InChI=1S/C21H20ClN3O4S2/c1-3-17(19(26)24-16-11-14(22)10-9-13(16)2)30-21-23-12-18(20(27)25-21)31(28,29)15-7-5-4-6-8-15/h4-12,17H,3H2,1-2H3,(H,24,26)(H,23,25,27). The molecule has 1 unspecified atom stereocenters. The number of hydrogen-bond acceptors (Lipinski definition) is 6. The number of carbonyl (C=O) groups excluding carboxylic acids is 1. The molecule has 0 aliphatic heterocycles. The molecule has 31 heavy (non-hydrogen) atoms. The first-order valence-corrected chi connectivity index (χ1v) is 12.1. The molecule has 3 aromatic rings. The van der Waals surface area contributed by atoms with Gasteiger partial charge in [0.15, 0.2) is 10.1 Å². The summed E-state index contributed by atoms with van der Waals surface area (Å²) in [6.07, 6.45) is 1.49. The number of amides is 1. The van der Waals surface area contributed by atoms with Gasteiger partial charge in [-0.25, -0.2) is 13.4 Å². The van der Waals surface area contributed by atoms with Gasteiger partial charge in [0.1, 0.15) is 0 Å². The zero-order valence-corrected chi connectivity index (χ0v) is 19.1. The van der Waals surface area contributed by atoms with Crippen LogP contribution in [0.2, 0.25) is 5.02 Å². The zero-order chi connectivity index (χ0) is 22.6. The number of nitrogens with one attached hydrogen (secondary N) is 2. The molecule has 1 aromatic heterocycles. The Kier molecular flexibility index (Phi) is 7.19. The first-order chi connectivity index (χ1) is 14.7. The molecule has 0 saturated heterocycles. The molecule has 0 spiro atoms. The van der Waals surface area contributed by atoms with E-state index >= 15 is 0 Å². The van der Waals surface area contributed by atoms with Crippen LogP contribution in [0.5, 0.6) is 0 Å². The van der Waals surface area contributed by atoms with Gasteiger partial charge in [-0.15, -0.1) is 0 Å². The lowest BCUT2D eigenvalue weighted by Gasteiger charge is -2.15.